The molecule has 2 amide bonds. The molecule has 0 saturated heterocycles. The quantitative estimate of drug-likeness (QED) is 0.568. The molecule has 1 aliphatic carbocycles. The molecule has 1 saturated carbocycles. The molecule has 0 aromatic carbocycles. The van der Waals surface area contributed by atoms with Gasteiger partial charge in [0.15, 0.2) is 0 Å². The molecular formula is C17H33N3O3. The molecule has 1 aliphatic rings. The molecule has 1 rings (SSSR count). The van der Waals surface area contributed by atoms with Gasteiger partial charge in [-0.15, -0.1) is 0 Å². The van der Waals surface area contributed by atoms with Gasteiger partial charge in [0.05, 0.1) is 6.54 Å². The first-order valence-corrected chi connectivity index (χ1v) is 8.71. The van der Waals surface area contributed by atoms with Crippen LogP contribution in [-0.4, -0.2) is 53.7 Å². The van der Waals surface area contributed by atoms with Gasteiger partial charge in [-0.25, -0.2) is 4.79 Å². The number of aliphatic carboxylic acids is 1. The van der Waals surface area contributed by atoms with E-state index >= 15 is 0 Å². The molecular weight excluding hydrogens is 294 g/mol. The molecule has 23 heavy (non-hydrogen) atoms. The predicted molar refractivity (Wildman–Crippen MR) is 91.5 cm³/mol. The average molecular weight is 327 g/mol. The highest BCUT2D eigenvalue weighted by Gasteiger charge is 2.34. The van der Waals surface area contributed by atoms with Crippen LogP contribution in [0.1, 0.15) is 59.8 Å². The van der Waals surface area contributed by atoms with Crippen LogP contribution >= 0.6 is 0 Å². The minimum atomic E-state index is -0.795. The normalized spacial score (nSPS) is 20.9. The summed E-state index contributed by atoms with van der Waals surface area (Å²) in [5.74, 6) is -0.795. The van der Waals surface area contributed by atoms with E-state index in [9.17, 15) is 9.59 Å². The fourth-order valence-corrected chi connectivity index (χ4v) is 2.90. The number of nitrogens with zero attached hydrogens (tertiary/aromatic N) is 1. The Morgan fingerprint density at radius 2 is 1.87 bits per heavy atom. The number of hydrogen-bond acceptors (Lipinski definition) is 3. The Labute approximate surface area is 140 Å². The van der Waals surface area contributed by atoms with Crippen molar-refractivity contribution in [3.05, 3.63) is 0 Å². The highest BCUT2D eigenvalue weighted by atomic mass is 16.4. The maximum absolute atomic E-state index is 11.8. The highest BCUT2D eigenvalue weighted by molar-refractivity contribution is 5.74. The lowest BCUT2D eigenvalue weighted by molar-refractivity contribution is -0.139. The number of urea groups is 1. The van der Waals surface area contributed by atoms with E-state index in [-0.39, 0.29) is 24.7 Å². The van der Waals surface area contributed by atoms with Gasteiger partial charge >= 0.3 is 12.0 Å². The second kappa shape index (κ2) is 9.11. The number of carbonyl (C=O) groups is 2. The van der Waals surface area contributed by atoms with E-state index < -0.39 is 5.97 Å². The highest BCUT2D eigenvalue weighted by Crippen LogP contribution is 2.25. The van der Waals surface area contributed by atoms with E-state index in [1.807, 2.05) is 11.8 Å². The smallest absolute Gasteiger partial charge is 0.317 e. The Bertz CT molecular complexity index is 387. The first-order valence-electron chi connectivity index (χ1n) is 8.71. The molecule has 0 unspecified atom stereocenters. The largest absolute Gasteiger partial charge is 0.480 e. The lowest BCUT2D eigenvalue weighted by Gasteiger charge is -2.42. The monoisotopic (exact) mass is 327 g/mol. The summed E-state index contributed by atoms with van der Waals surface area (Å²) in [6.45, 7) is 10.2. The fourth-order valence-electron chi connectivity index (χ4n) is 2.90. The lowest BCUT2D eigenvalue weighted by Crippen LogP contribution is -2.56. The van der Waals surface area contributed by atoms with Crippen molar-refractivity contribution in [3.63, 3.8) is 0 Å². The van der Waals surface area contributed by atoms with Crippen LogP contribution in [-0.2, 0) is 4.79 Å². The molecule has 0 atom stereocenters. The third-order valence-electron chi connectivity index (χ3n) is 4.35. The van der Waals surface area contributed by atoms with Crippen LogP contribution in [0.2, 0.25) is 0 Å². The second-order valence-electron chi connectivity index (χ2n) is 7.70. The van der Waals surface area contributed by atoms with E-state index in [1.54, 1.807) is 0 Å². The number of carboxylic acids is 1. The first-order chi connectivity index (χ1) is 10.7. The van der Waals surface area contributed by atoms with Crippen molar-refractivity contribution in [1.82, 2.24) is 15.5 Å². The van der Waals surface area contributed by atoms with Gasteiger partial charge in [0.1, 0.15) is 0 Å². The van der Waals surface area contributed by atoms with Crippen LogP contribution in [0, 0.1) is 5.41 Å². The van der Waals surface area contributed by atoms with Gasteiger partial charge in [0, 0.05) is 18.6 Å². The van der Waals surface area contributed by atoms with Crippen LogP contribution in [0.5, 0.6) is 0 Å². The fraction of sp³-hybridized carbons (Fsp3) is 0.882. The van der Waals surface area contributed by atoms with Gasteiger partial charge in [0.25, 0.3) is 0 Å². The van der Waals surface area contributed by atoms with Crippen molar-refractivity contribution in [2.24, 2.45) is 5.41 Å². The summed E-state index contributed by atoms with van der Waals surface area (Å²) in [4.78, 5) is 24.5. The summed E-state index contributed by atoms with van der Waals surface area (Å²) in [6.07, 6.45) is 4.95. The summed E-state index contributed by atoms with van der Waals surface area (Å²) in [5.41, 5.74) is 0.351. The summed E-state index contributed by atoms with van der Waals surface area (Å²) >= 11 is 0. The molecule has 134 valence electrons. The Morgan fingerprint density at radius 3 is 2.39 bits per heavy atom. The Hall–Kier alpha value is -1.30. The number of unbranched alkanes of at least 4 members (excludes halogenated alkanes) is 1. The van der Waals surface area contributed by atoms with Crippen LogP contribution < -0.4 is 10.6 Å². The van der Waals surface area contributed by atoms with E-state index in [1.165, 1.54) is 0 Å². The molecule has 3 N–H and O–H groups in total. The predicted octanol–water partition coefficient (Wildman–Crippen LogP) is 2.44. The summed E-state index contributed by atoms with van der Waals surface area (Å²) in [6, 6.07) is 0.330. The zero-order valence-electron chi connectivity index (χ0n) is 15.0. The Balaban J connectivity index is 2.10. The topological polar surface area (TPSA) is 81.7 Å². The summed E-state index contributed by atoms with van der Waals surface area (Å²) in [5, 5.41) is 14.7. The van der Waals surface area contributed by atoms with Gasteiger partial charge in [0.2, 0.25) is 0 Å². The summed E-state index contributed by atoms with van der Waals surface area (Å²) in [7, 11) is 0. The van der Waals surface area contributed by atoms with Gasteiger partial charge in [-0.1, -0.05) is 34.1 Å². The zero-order valence-corrected chi connectivity index (χ0v) is 15.0. The van der Waals surface area contributed by atoms with Crippen molar-refractivity contribution < 1.29 is 14.7 Å². The molecule has 0 aliphatic heterocycles. The Kier molecular flexibility index (Phi) is 7.82. The molecule has 6 heteroatoms. The molecule has 0 heterocycles. The maximum Gasteiger partial charge on any atom is 0.317 e. The number of rotatable bonds is 9. The zero-order chi connectivity index (χ0) is 17.5. The molecule has 0 spiro atoms. The number of amides is 2. The van der Waals surface area contributed by atoms with Gasteiger partial charge < -0.3 is 15.7 Å². The second-order valence-corrected chi connectivity index (χ2v) is 7.70. The Morgan fingerprint density at radius 1 is 1.22 bits per heavy atom. The van der Waals surface area contributed by atoms with Crippen molar-refractivity contribution in [2.75, 3.05) is 19.6 Å². The van der Waals surface area contributed by atoms with Crippen LogP contribution in [0.25, 0.3) is 0 Å². The van der Waals surface area contributed by atoms with E-state index in [2.05, 4.69) is 31.4 Å². The van der Waals surface area contributed by atoms with Crippen molar-refractivity contribution >= 4 is 12.0 Å². The third kappa shape index (κ3) is 8.21. The number of nitrogens with one attached hydrogen (secondary N) is 2. The minimum absolute atomic E-state index is 0.0772. The molecule has 0 radical (unpaired) electrons. The van der Waals surface area contributed by atoms with Crippen LogP contribution in [0.4, 0.5) is 4.79 Å². The maximum atomic E-state index is 11.8. The molecule has 0 aromatic rings. The van der Waals surface area contributed by atoms with Gasteiger partial charge in [-0.05, 0) is 37.6 Å². The van der Waals surface area contributed by atoms with Crippen molar-refractivity contribution in [2.45, 2.75) is 71.9 Å². The SMILES string of the molecule is CCN(CC(=O)O)C1CC(NC(=O)NCCCCC(C)(C)C)C1. The van der Waals surface area contributed by atoms with E-state index in [0.717, 1.165) is 38.6 Å². The van der Waals surface area contributed by atoms with Gasteiger partial charge in [-0.3, -0.25) is 9.69 Å². The van der Waals surface area contributed by atoms with Crippen LogP contribution in [0.3, 0.4) is 0 Å². The van der Waals surface area contributed by atoms with E-state index in [4.69, 9.17) is 5.11 Å². The molecule has 1 fully saturated rings. The van der Waals surface area contributed by atoms with Crippen LogP contribution in [0.15, 0.2) is 0 Å². The minimum Gasteiger partial charge on any atom is -0.480 e. The van der Waals surface area contributed by atoms with Gasteiger partial charge in [-0.2, -0.15) is 0 Å². The first kappa shape index (κ1) is 19.7. The number of likely N-dealkylation sites (N-methyl/N-ethyl adjacent to an activating group) is 1. The van der Waals surface area contributed by atoms with Crippen molar-refractivity contribution in [3.8, 4) is 0 Å². The molecule has 0 aromatic heterocycles. The molecule has 0 bridgehead atoms. The number of carbonyl (C=O) groups excluding carboxylic acids is 1. The van der Waals surface area contributed by atoms with Crippen molar-refractivity contribution in [1.29, 1.82) is 0 Å². The van der Waals surface area contributed by atoms with E-state index in [0.29, 0.717) is 12.0 Å². The standard InChI is InChI=1S/C17H33N3O3/c1-5-20(12-15(21)22)14-10-13(11-14)19-16(23)18-9-7-6-8-17(2,3)4/h13-14H,5-12H2,1-4H3,(H,21,22)(H2,18,19,23). The lowest BCUT2D eigenvalue weighted by atomic mass is 9.85. The number of carboxylic acid groups (broad SMARTS) is 1. The number of hydrogen-bond donors (Lipinski definition) is 3. The third-order valence-corrected chi connectivity index (χ3v) is 4.35. The average Bonchev–Trinajstić information content (AvgIpc) is 2.38. The molecule has 6 nitrogen and oxygen atoms in total. The summed E-state index contributed by atoms with van der Waals surface area (Å²) < 4.78 is 0.